The predicted molar refractivity (Wildman–Crippen MR) is 95.1 cm³/mol. The van der Waals surface area contributed by atoms with E-state index >= 15 is 0 Å². The van der Waals surface area contributed by atoms with Crippen LogP contribution in [0.1, 0.15) is 41.3 Å². The zero-order valence-electron chi connectivity index (χ0n) is 13.2. The summed E-state index contributed by atoms with van der Waals surface area (Å²) in [6, 6.07) is 12.2. The maximum atomic E-state index is 12.3. The molecule has 0 aromatic heterocycles. The average Bonchev–Trinajstić information content (AvgIpc) is 3.14. The lowest BCUT2D eigenvalue weighted by atomic mass is 10.0. The Bertz CT molecular complexity index is 639. The van der Waals surface area contributed by atoms with Gasteiger partial charge in [0.15, 0.2) is 5.78 Å². The van der Waals surface area contributed by atoms with Gasteiger partial charge in [-0.1, -0.05) is 31.2 Å². The number of hydrogen-bond acceptors (Lipinski definition) is 3. The highest BCUT2D eigenvalue weighted by atomic mass is 79.9. The monoisotopic (exact) mass is 376 g/mol. The predicted octanol–water partition coefficient (Wildman–Crippen LogP) is 4.74. The van der Waals surface area contributed by atoms with Gasteiger partial charge in [-0.25, -0.2) is 0 Å². The van der Waals surface area contributed by atoms with Crippen molar-refractivity contribution in [3.8, 4) is 5.75 Å². The van der Waals surface area contributed by atoms with Gasteiger partial charge < -0.3 is 9.84 Å². The van der Waals surface area contributed by atoms with Crippen molar-refractivity contribution >= 4 is 21.7 Å². The fraction of sp³-hybridized carbons (Fsp3) is 0.316. The first-order valence-corrected chi connectivity index (χ1v) is 8.61. The number of carbonyl (C=O) groups is 1. The van der Waals surface area contributed by atoms with Crippen molar-refractivity contribution in [2.24, 2.45) is 0 Å². The summed E-state index contributed by atoms with van der Waals surface area (Å²) in [5.74, 6) is 0.0873. The molecule has 0 radical (unpaired) electrons. The maximum absolute atomic E-state index is 12.3. The molecule has 1 N–H and O–H groups in total. The second-order valence-electron chi connectivity index (χ2n) is 5.36. The van der Waals surface area contributed by atoms with Crippen molar-refractivity contribution in [3.05, 3.63) is 63.6 Å². The third-order valence-electron chi connectivity index (χ3n) is 3.65. The Morgan fingerprint density at radius 2 is 1.78 bits per heavy atom. The van der Waals surface area contributed by atoms with Crippen LogP contribution in [0.3, 0.4) is 0 Å². The van der Waals surface area contributed by atoms with E-state index in [1.165, 1.54) is 30.5 Å². The highest BCUT2D eigenvalue weighted by Gasteiger charge is 2.12. The normalized spacial score (nSPS) is 13.3. The van der Waals surface area contributed by atoms with E-state index in [9.17, 15) is 9.90 Å². The first kappa shape index (κ1) is 17.7. The SMILES string of the molecule is C1CCOC1.CCc1ccc(C(=O)c2ccc(O)cc2Br)cc1. The van der Waals surface area contributed by atoms with Crippen LogP contribution in [-0.2, 0) is 11.2 Å². The molecule has 0 spiro atoms. The maximum Gasteiger partial charge on any atom is 0.194 e. The van der Waals surface area contributed by atoms with Gasteiger partial charge >= 0.3 is 0 Å². The Balaban J connectivity index is 0.000000326. The zero-order valence-corrected chi connectivity index (χ0v) is 14.8. The Morgan fingerprint density at radius 3 is 2.26 bits per heavy atom. The molecule has 0 unspecified atom stereocenters. The summed E-state index contributed by atoms with van der Waals surface area (Å²) >= 11 is 3.29. The molecule has 1 aliphatic rings. The quantitative estimate of drug-likeness (QED) is 0.786. The number of halogens is 1. The molecule has 1 fully saturated rings. The molecule has 0 bridgehead atoms. The summed E-state index contributed by atoms with van der Waals surface area (Å²) in [5, 5.41) is 9.32. The fourth-order valence-electron chi connectivity index (χ4n) is 2.25. The topological polar surface area (TPSA) is 46.5 Å². The number of carbonyl (C=O) groups excluding carboxylic acids is 1. The van der Waals surface area contributed by atoms with Gasteiger partial charge in [-0.05, 0) is 59.0 Å². The van der Waals surface area contributed by atoms with Crippen molar-refractivity contribution in [2.75, 3.05) is 13.2 Å². The van der Waals surface area contributed by atoms with Gasteiger partial charge in [-0.3, -0.25) is 4.79 Å². The van der Waals surface area contributed by atoms with Crippen LogP contribution in [0, 0.1) is 0 Å². The Hall–Kier alpha value is -1.65. The number of ketones is 1. The minimum atomic E-state index is -0.0514. The van der Waals surface area contributed by atoms with Gasteiger partial charge in [0.05, 0.1) is 0 Å². The molecular formula is C19H21BrO3. The van der Waals surface area contributed by atoms with E-state index < -0.39 is 0 Å². The molecule has 0 amide bonds. The van der Waals surface area contributed by atoms with E-state index in [0.29, 0.717) is 15.6 Å². The van der Waals surface area contributed by atoms with Gasteiger partial charge in [0, 0.05) is 28.8 Å². The fourth-order valence-corrected chi connectivity index (χ4v) is 2.79. The smallest absolute Gasteiger partial charge is 0.194 e. The number of aryl methyl sites for hydroxylation is 1. The highest BCUT2D eigenvalue weighted by Crippen LogP contribution is 2.24. The molecule has 23 heavy (non-hydrogen) atoms. The largest absolute Gasteiger partial charge is 0.508 e. The van der Waals surface area contributed by atoms with E-state index in [1.54, 1.807) is 6.07 Å². The number of phenolic OH excluding ortho intramolecular Hbond substituents is 1. The minimum absolute atomic E-state index is 0.0514. The van der Waals surface area contributed by atoms with Crippen LogP contribution in [0.15, 0.2) is 46.9 Å². The van der Waals surface area contributed by atoms with E-state index in [0.717, 1.165) is 19.6 Å². The Morgan fingerprint density at radius 1 is 1.13 bits per heavy atom. The second kappa shape index (κ2) is 8.85. The molecule has 1 aliphatic heterocycles. The molecule has 3 nitrogen and oxygen atoms in total. The molecule has 1 saturated heterocycles. The third kappa shape index (κ3) is 5.19. The molecule has 3 rings (SSSR count). The van der Waals surface area contributed by atoms with Crippen molar-refractivity contribution in [1.82, 2.24) is 0 Å². The number of rotatable bonds is 3. The third-order valence-corrected chi connectivity index (χ3v) is 4.31. The Labute approximate surface area is 145 Å². The first-order valence-electron chi connectivity index (χ1n) is 7.81. The number of benzene rings is 2. The highest BCUT2D eigenvalue weighted by molar-refractivity contribution is 9.10. The first-order chi connectivity index (χ1) is 11.1. The molecule has 0 saturated carbocycles. The van der Waals surface area contributed by atoms with Gasteiger partial charge in [-0.2, -0.15) is 0 Å². The summed E-state index contributed by atoms with van der Waals surface area (Å²) in [7, 11) is 0. The van der Waals surface area contributed by atoms with E-state index in [2.05, 4.69) is 22.9 Å². The standard InChI is InChI=1S/C15H13BrO2.C4H8O/c1-2-10-3-5-11(6-4-10)15(18)13-8-7-12(17)9-14(13)16;1-2-4-5-3-1/h3-9,17H,2H2,1H3;1-4H2. The van der Waals surface area contributed by atoms with Crippen molar-refractivity contribution in [3.63, 3.8) is 0 Å². The summed E-state index contributed by atoms with van der Waals surface area (Å²) in [6.45, 7) is 4.08. The van der Waals surface area contributed by atoms with E-state index in [4.69, 9.17) is 4.74 Å². The lowest BCUT2D eigenvalue weighted by Crippen LogP contribution is -2.02. The molecule has 2 aromatic carbocycles. The van der Waals surface area contributed by atoms with Crippen LogP contribution in [0.2, 0.25) is 0 Å². The van der Waals surface area contributed by atoms with Crippen LogP contribution >= 0.6 is 15.9 Å². The number of aromatic hydroxyl groups is 1. The lowest BCUT2D eigenvalue weighted by molar-refractivity contribution is 0.103. The molecule has 0 aliphatic carbocycles. The van der Waals surface area contributed by atoms with Crippen molar-refractivity contribution in [2.45, 2.75) is 26.2 Å². The summed E-state index contributed by atoms with van der Waals surface area (Å²) < 4.78 is 5.55. The minimum Gasteiger partial charge on any atom is -0.508 e. The molecule has 122 valence electrons. The van der Waals surface area contributed by atoms with Gasteiger partial charge in [0.2, 0.25) is 0 Å². The van der Waals surface area contributed by atoms with Crippen LogP contribution in [-0.4, -0.2) is 24.1 Å². The Kier molecular flexibility index (Phi) is 6.81. The van der Waals surface area contributed by atoms with E-state index in [-0.39, 0.29) is 11.5 Å². The number of hydrogen-bond donors (Lipinski definition) is 1. The number of phenols is 1. The molecular weight excluding hydrogens is 356 g/mol. The van der Waals surface area contributed by atoms with Gasteiger partial charge in [0.25, 0.3) is 0 Å². The van der Waals surface area contributed by atoms with Gasteiger partial charge in [-0.15, -0.1) is 0 Å². The van der Waals surface area contributed by atoms with Crippen LogP contribution in [0.5, 0.6) is 5.75 Å². The van der Waals surface area contributed by atoms with Gasteiger partial charge in [0.1, 0.15) is 5.75 Å². The van der Waals surface area contributed by atoms with Crippen molar-refractivity contribution < 1.29 is 14.6 Å². The molecule has 2 aromatic rings. The van der Waals surface area contributed by atoms with Crippen LogP contribution in [0.4, 0.5) is 0 Å². The van der Waals surface area contributed by atoms with Crippen molar-refractivity contribution in [1.29, 1.82) is 0 Å². The number of ether oxygens (including phenoxy) is 1. The van der Waals surface area contributed by atoms with Crippen LogP contribution in [0.25, 0.3) is 0 Å². The van der Waals surface area contributed by atoms with Crippen LogP contribution < -0.4 is 0 Å². The summed E-state index contributed by atoms with van der Waals surface area (Å²) in [4.78, 5) is 12.3. The summed E-state index contributed by atoms with van der Waals surface area (Å²) in [6.07, 6.45) is 3.51. The van der Waals surface area contributed by atoms with E-state index in [1.807, 2.05) is 24.3 Å². The second-order valence-corrected chi connectivity index (χ2v) is 6.22. The summed E-state index contributed by atoms with van der Waals surface area (Å²) in [5.41, 5.74) is 2.41. The molecule has 4 heteroatoms. The average molecular weight is 377 g/mol. The lowest BCUT2D eigenvalue weighted by Gasteiger charge is -2.05. The zero-order chi connectivity index (χ0) is 16.7. The molecule has 1 heterocycles. The molecule has 0 atom stereocenters.